The van der Waals surface area contributed by atoms with Crippen LogP contribution in [0.3, 0.4) is 0 Å². The van der Waals surface area contributed by atoms with E-state index in [4.69, 9.17) is 9.26 Å². The van der Waals surface area contributed by atoms with Crippen LogP contribution in [0.2, 0.25) is 0 Å². The number of hydrogen-bond acceptors (Lipinski definition) is 5. The molecular formula is C22H34IN5O2. The zero-order valence-electron chi connectivity index (χ0n) is 18.4. The Morgan fingerprint density at radius 1 is 1.27 bits per heavy atom. The molecule has 0 bridgehead atoms. The van der Waals surface area contributed by atoms with E-state index < -0.39 is 0 Å². The van der Waals surface area contributed by atoms with Gasteiger partial charge >= 0.3 is 0 Å². The second kappa shape index (κ2) is 12.1. The lowest BCUT2D eigenvalue weighted by Gasteiger charge is -2.18. The standard InChI is InChI=1S/C22H33N5O2.HI/c1-15(2)21-26-20(29-27-21)11-12-24-22(23-4)25-14-17-10-9-16(3)13-19(17)28-18-7-5-6-8-18;/h9-10,13,15,18H,5-8,11-12,14H2,1-4H3,(H2,23,24,25);1H. The lowest BCUT2D eigenvalue weighted by Crippen LogP contribution is -2.38. The van der Waals surface area contributed by atoms with Gasteiger partial charge in [0.15, 0.2) is 11.8 Å². The number of hydrogen-bond donors (Lipinski definition) is 2. The molecule has 8 heteroatoms. The summed E-state index contributed by atoms with van der Waals surface area (Å²) >= 11 is 0. The predicted molar refractivity (Wildman–Crippen MR) is 130 cm³/mol. The van der Waals surface area contributed by atoms with E-state index in [9.17, 15) is 0 Å². The van der Waals surface area contributed by atoms with Gasteiger partial charge in [-0.15, -0.1) is 24.0 Å². The van der Waals surface area contributed by atoms with E-state index in [0.717, 1.165) is 35.9 Å². The molecule has 0 radical (unpaired) electrons. The van der Waals surface area contributed by atoms with Gasteiger partial charge in [0.25, 0.3) is 0 Å². The van der Waals surface area contributed by atoms with Crippen LogP contribution in [-0.4, -0.2) is 35.8 Å². The van der Waals surface area contributed by atoms with Crippen molar-refractivity contribution in [1.82, 2.24) is 20.8 Å². The summed E-state index contributed by atoms with van der Waals surface area (Å²) in [6, 6.07) is 6.38. The number of halogens is 1. The Balaban J connectivity index is 0.00000320. The molecule has 30 heavy (non-hydrogen) atoms. The molecule has 0 amide bonds. The Labute approximate surface area is 196 Å². The normalized spacial score (nSPS) is 14.6. The summed E-state index contributed by atoms with van der Waals surface area (Å²) in [5.41, 5.74) is 2.36. The fraction of sp³-hybridized carbons (Fsp3) is 0.591. The summed E-state index contributed by atoms with van der Waals surface area (Å²) < 4.78 is 11.6. The number of nitrogens with zero attached hydrogens (tertiary/aromatic N) is 3. The first-order valence-electron chi connectivity index (χ1n) is 10.6. The molecular weight excluding hydrogens is 493 g/mol. The van der Waals surface area contributed by atoms with Gasteiger partial charge in [-0.05, 0) is 44.2 Å². The van der Waals surface area contributed by atoms with Gasteiger partial charge in [0.2, 0.25) is 5.89 Å². The van der Waals surface area contributed by atoms with Crippen LogP contribution in [0.15, 0.2) is 27.7 Å². The van der Waals surface area contributed by atoms with Gasteiger partial charge in [0.05, 0.1) is 6.10 Å². The topological polar surface area (TPSA) is 84.6 Å². The summed E-state index contributed by atoms with van der Waals surface area (Å²) in [5, 5.41) is 10.7. The van der Waals surface area contributed by atoms with Crippen LogP contribution >= 0.6 is 24.0 Å². The van der Waals surface area contributed by atoms with Gasteiger partial charge in [0.1, 0.15) is 5.75 Å². The highest BCUT2D eigenvalue weighted by Crippen LogP contribution is 2.27. The van der Waals surface area contributed by atoms with E-state index in [1.807, 2.05) is 0 Å². The zero-order chi connectivity index (χ0) is 20.6. The molecule has 0 atom stereocenters. The quantitative estimate of drug-likeness (QED) is 0.302. The Hall–Kier alpha value is -1.84. The minimum Gasteiger partial charge on any atom is -0.490 e. The Morgan fingerprint density at radius 3 is 2.70 bits per heavy atom. The summed E-state index contributed by atoms with van der Waals surface area (Å²) in [7, 11) is 1.77. The highest BCUT2D eigenvalue weighted by molar-refractivity contribution is 14.0. The van der Waals surface area contributed by atoms with Gasteiger partial charge in [-0.25, -0.2) is 0 Å². The number of aromatic nitrogens is 2. The molecule has 0 aliphatic heterocycles. The first kappa shape index (κ1) is 24.4. The van der Waals surface area contributed by atoms with Crippen LogP contribution in [0.25, 0.3) is 0 Å². The van der Waals surface area contributed by atoms with Crippen LogP contribution in [0.5, 0.6) is 5.75 Å². The molecule has 1 aliphatic carbocycles. The van der Waals surface area contributed by atoms with Crippen molar-refractivity contribution in [2.45, 2.75) is 71.4 Å². The summed E-state index contributed by atoms with van der Waals surface area (Å²) in [4.78, 5) is 8.71. The lowest BCUT2D eigenvalue weighted by molar-refractivity contribution is 0.207. The van der Waals surface area contributed by atoms with Crippen molar-refractivity contribution in [3.8, 4) is 5.75 Å². The molecule has 1 aromatic carbocycles. The monoisotopic (exact) mass is 527 g/mol. The van der Waals surface area contributed by atoms with E-state index in [-0.39, 0.29) is 29.9 Å². The largest absolute Gasteiger partial charge is 0.490 e. The van der Waals surface area contributed by atoms with Gasteiger partial charge < -0.3 is 19.9 Å². The van der Waals surface area contributed by atoms with Gasteiger partial charge in [-0.2, -0.15) is 4.98 Å². The van der Waals surface area contributed by atoms with E-state index in [1.165, 1.54) is 18.4 Å². The van der Waals surface area contributed by atoms with Crippen molar-refractivity contribution in [2.75, 3.05) is 13.6 Å². The maximum absolute atomic E-state index is 6.29. The van der Waals surface area contributed by atoms with Crippen molar-refractivity contribution in [3.05, 3.63) is 41.0 Å². The first-order chi connectivity index (χ1) is 14.0. The number of nitrogens with one attached hydrogen (secondary N) is 2. The molecule has 2 aromatic rings. The van der Waals surface area contributed by atoms with Crippen molar-refractivity contribution >= 4 is 29.9 Å². The third kappa shape index (κ3) is 7.14. The number of aryl methyl sites for hydroxylation is 1. The van der Waals surface area contributed by atoms with Gasteiger partial charge in [-0.3, -0.25) is 4.99 Å². The second-order valence-electron chi connectivity index (χ2n) is 7.94. The van der Waals surface area contributed by atoms with Crippen LogP contribution in [0, 0.1) is 6.92 Å². The van der Waals surface area contributed by atoms with Gasteiger partial charge in [0, 0.05) is 38.0 Å². The average Bonchev–Trinajstić information content (AvgIpc) is 3.38. The first-order valence-corrected chi connectivity index (χ1v) is 10.6. The number of rotatable bonds is 8. The highest BCUT2D eigenvalue weighted by atomic mass is 127. The number of guanidine groups is 1. The van der Waals surface area contributed by atoms with Crippen LogP contribution in [0.4, 0.5) is 0 Å². The lowest BCUT2D eigenvalue weighted by atomic mass is 10.1. The number of ether oxygens (including phenoxy) is 1. The minimum absolute atomic E-state index is 0. The highest BCUT2D eigenvalue weighted by Gasteiger charge is 2.18. The van der Waals surface area contributed by atoms with E-state index >= 15 is 0 Å². The molecule has 0 unspecified atom stereocenters. The molecule has 0 saturated heterocycles. The maximum Gasteiger partial charge on any atom is 0.228 e. The summed E-state index contributed by atoms with van der Waals surface area (Å²) in [6.07, 6.45) is 5.83. The van der Waals surface area contributed by atoms with Crippen LogP contribution < -0.4 is 15.4 Å². The summed E-state index contributed by atoms with van der Waals surface area (Å²) in [6.45, 7) is 7.52. The minimum atomic E-state index is 0. The van der Waals surface area contributed by atoms with Crippen molar-refractivity contribution < 1.29 is 9.26 Å². The second-order valence-corrected chi connectivity index (χ2v) is 7.94. The predicted octanol–water partition coefficient (Wildman–Crippen LogP) is 4.35. The maximum atomic E-state index is 6.29. The van der Waals surface area contributed by atoms with Crippen molar-refractivity contribution in [3.63, 3.8) is 0 Å². The molecule has 1 aromatic heterocycles. The van der Waals surface area contributed by atoms with Crippen molar-refractivity contribution in [1.29, 1.82) is 0 Å². The van der Waals surface area contributed by atoms with Crippen LogP contribution in [-0.2, 0) is 13.0 Å². The van der Waals surface area contributed by atoms with E-state index in [0.29, 0.717) is 31.5 Å². The molecule has 7 nitrogen and oxygen atoms in total. The van der Waals surface area contributed by atoms with Gasteiger partial charge in [-0.1, -0.05) is 31.1 Å². The third-order valence-electron chi connectivity index (χ3n) is 5.12. The van der Waals surface area contributed by atoms with Crippen LogP contribution in [0.1, 0.15) is 68.3 Å². The Kier molecular flexibility index (Phi) is 9.87. The molecule has 2 N–H and O–H groups in total. The third-order valence-corrected chi connectivity index (χ3v) is 5.12. The molecule has 1 heterocycles. The Morgan fingerprint density at radius 2 is 2.03 bits per heavy atom. The number of aliphatic imine (C=N–C) groups is 1. The molecule has 0 spiro atoms. The fourth-order valence-electron chi connectivity index (χ4n) is 3.39. The molecule has 3 rings (SSSR count). The molecule has 1 saturated carbocycles. The fourth-order valence-corrected chi connectivity index (χ4v) is 3.39. The molecule has 166 valence electrons. The number of benzene rings is 1. The average molecular weight is 527 g/mol. The van der Waals surface area contributed by atoms with Crippen molar-refractivity contribution in [2.24, 2.45) is 4.99 Å². The van der Waals surface area contributed by atoms with E-state index in [1.54, 1.807) is 7.05 Å². The molecule has 1 fully saturated rings. The summed E-state index contributed by atoms with van der Waals surface area (Å²) in [5.74, 6) is 3.37. The molecule has 1 aliphatic rings. The zero-order valence-corrected chi connectivity index (χ0v) is 20.7. The smallest absolute Gasteiger partial charge is 0.228 e. The Bertz CT molecular complexity index is 816. The SMILES string of the molecule is CN=C(NCCc1nc(C(C)C)no1)NCc1ccc(C)cc1OC1CCCC1.I. The van der Waals surface area contributed by atoms with E-state index in [2.05, 4.69) is 64.7 Å².